The maximum atomic E-state index is 12.2. The molecular formula is C23H23N3O2. The molecule has 5 nitrogen and oxygen atoms in total. The van der Waals surface area contributed by atoms with Crippen molar-refractivity contribution in [2.45, 2.75) is 19.8 Å². The first-order valence-electron chi connectivity index (χ1n) is 9.38. The highest BCUT2D eigenvalue weighted by molar-refractivity contribution is 6.03. The summed E-state index contributed by atoms with van der Waals surface area (Å²) in [6.07, 6.45) is 3.69. The number of carbonyl (C=O) groups is 2. The molecule has 0 unspecified atom stereocenters. The third-order valence-electron chi connectivity index (χ3n) is 4.32. The minimum Gasteiger partial charge on any atom is -0.352 e. The molecule has 3 rings (SSSR count). The molecule has 1 aromatic heterocycles. The summed E-state index contributed by atoms with van der Waals surface area (Å²) in [6.45, 7) is 2.77. The van der Waals surface area contributed by atoms with E-state index in [1.807, 2.05) is 42.5 Å². The molecular weight excluding hydrogens is 350 g/mol. The highest BCUT2D eigenvalue weighted by atomic mass is 16.2. The summed E-state index contributed by atoms with van der Waals surface area (Å²) >= 11 is 0. The maximum absolute atomic E-state index is 12.2. The molecule has 0 bridgehead atoms. The Morgan fingerprint density at radius 3 is 2.36 bits per heavy atom. The Hall–Kier alpha value is -3.47. The second-order valence-corrected chi connectivity index (χ2v) is 6.44. The van der Waals surface area contributed by atoms with Gasteiger partial charge in [0.2, 0.25) is 0 Å². The van der Waals surface area contributed by atoms with Crippen LogP contribution in [0.1, 0.15) is 40.5 Å². The van der Waals surface area contributed by atoms with E-state index in [2.05, 4.69) is 22.5 Å². The summed E-state index contributed by atoms with van der Waals surface area (Å²) in [5.74, 6) is 0.202. The molecule has 0 aliphatic heterocycles. The van der Waals surface area contributed by atoms with Crippen LogP contribution in [0, 0.1) is 0 Å². The second kappa shape index (κ2) is 9.46. The fraction of sp³-hybridized carbons (Fsp3) is 0.174. The molecule has 2 aromatic carbocycles. The molecule has 1 heterocycles. The van der Waals surface area contributed by atoms with Gasteiger partial charge in [-0.25, -0.2) is 4.98 Å². The predicted octanol–water partition coefficient (Wildman–Crippen LogP) is 4.53. The van der Waals surface area contributed by atoms with Crippen LogP contribution in [0.15, 0.2) is 72.9 Å². The van der Waals surface area contributed by atoms with Crippen molar-refractivity contribution < 1.29 is 9.59 Å². The lowest BCUT2D eigenvalue weighted by molar-refractivity contribution is 0.0952. The minimum absolute atomic E-state index is 0.0741. The van der Waals surface area contributed by atoms with E-state index >= 15 is 0 Å². The van der Waals surface area contributed by atoms with E-state index in [0.717, 1.165) is 24.0 Å². The number of hydrogen-bond donors (Lipinski definition) is 2. The van der Waals surface area contributed by atoms with Crippen molar-refractivity contribution in [2.24, 2.45) is 0 Å². The number of nitrogens with one attached hydrogen (secondary N) is 2. The van der Waals surface area contributed by atoms with Gasteiger partial charge >= 0.3 is 0 Å². The van der Waals surface area contributed by atoms with Gasteiger partial charge < -0.3 is 10.6 Å². The lowest BCUT2D eigenvalue weighted by atomic mass is 10.0. The molecule has 28 heavy (non-hydrogen) atoms. The van der Waals surface area contributed by atoms with Gasteiger partial charge in [0.1, 0.15) is 5.82 Å². The van der Waals surface area contributed by atoms with Crippen LogP contribution >= 0.6 is 0 Å². The molecule has 5 heteroatoms. The second-order valence-electron chi connectivity index (χ2n) is 6.44. The number of pyridine rings is 1. The molecule has 0 aliphatic rings. The molecule has 0 saturated heterocycles. The van der Waals surface area contributed by atoms with Crippen molar-refractivity contribution in [2.75, 3.05) is 11.9 Å². The van der Waals surface area contributed by atoms with Gasteiger partial charge in [-0.1, -0.05) is 43.7 Å². The number of hydrogen-bond acceptors (Lipinski definition) is 3. The lowest BCUT2D eigenvalue weighted by Crippen LogP contribution is -2.24. The molecule has 0 aliphatic carbocycles. The van der Waals surface area contributed by atoms with Crippen molar-refractivity contribution in [1.29, 1.82) is 0 Å². The molecule has 142 valence electrons. The standard InChI is InChI=1S/C23H23N3O2/c1-2-3-14-24-22(27)19-11-7-10-18(15-19)20-12-13-21(25-16-20)26-23(28)17-8-5-4-6-9-17/h4-13,15-16H,2-3,14H2,1H3,(H,24,27)(H,25,26,28). The first-order chi connectivity index (χ1) is 13.7. The van der Waals surface area contributed by atoms with Crippen molar-refractivity contribution in [3.8, 4) is 11.1 Å². The quantitative estimate of drug-likeness (QED) is 0.598. The average Bonchev–Trinajstić information content (AvgIpc) is 2.75. The van der Waals surface area contributed by atoms with Crippen LogP contribution in [0.4, 0.5) is 5.82 Å². The maximum Gasteiger partial charge on any atom is 0.256 e. The van der Waals surface area contributed by atoms with Gasteiger partial charge in [-0.2, -0.15) is 0 Å². The highest BCUT2D eigenvalue weighted by Gasteiger charge is 2.08. The normalized spacial score (nSPS) is 10.3. The molecule has 2 N–H and O–H groups in total. The Balaban J connectivity index is 1.69. The zero-order chi connectivity index (χ0) is 19.8. The van der Waals surface area contributed by atoms with Crippen LogP contribution in [0.5, 0.6) is 0 Å². The summed E-state index contributed by atoms with van der Waals surface area (Å²) in [7, 11) is 0. The number of anilines is 1. The molecule has 0 fully saturated rings. The van der Waals surface area contributed by atoms with E-state index < -0.39 is 0 Å². The third-order valence-corrected chi connectivity index (χ3v) is 4.32. The SMILES string of the molecule is CCCCNC(=O)c1cccc(-c2ccc(NC(=O)c3ccccc3)nc2)c1. The van der Waals surface area contributed by atoms with Crippen LogP contribution in [0.2, 0.25) is 0 Å². The van der Waals surface area contributed by atoms with Crippen molar-refractivity contribution in [3.05, 3.63) is 84.1 Å². The Morgan fingerprint density at radius 2 is 1.64 bits per heavy atom. The Bertz CT molecular complexity index is 938. The van der Waals surface area contributed by atoms with E-state index in [4.69, 9.17) is 0 Å². The van der Waals surface area contributed by atoms with Gasteiger partial charge in [-0.05, 0) is 48.4 Å². The number of aromatic nitrogens is 1. The summed E-state index contributed by atoms with van der Waals surface area (Å²) in [4.78, 5) is 28.8. The van der Waals surface area contributed by atoms with E-state index in [9.17, 15) is 9.59 Å². The lowest BCUT2D eigenvalue weighted by Gasteiger charge is -2.08. The Labute approximate surface area is 164 Å². The first kappa shape index (κ1) is 19.3. The number of amides is 2. The summed E-state index contributed by atoms with van der Waals surface area (Å²) in [6, 6.07) is 20.1. The molecule has 0 atom stereocenters. The van der Waals surface area contributed by atoms with Gasteiger partial charge in [0.05, 0.1) is 0 Å². The van der Waals surface area contributed by atoms with E-state index in [1.165, 1.54) is 0 Å². The zero-order valence-corrected chi connectivity index (χ0v) is 15.8. The minimum atomic E-state index is -0.202. The van der Waals surface area contributed by atoms with Crippen molar-refractivity contribution >= 4 is 17.6 Å². The summed E-state index contributed by atoms with van der Waals surface area (Å²) in [5, 5.41) is 5.70. The van der Waals surface area contributed by atoms with Crippen LogP contribution in [-0.4, -0.2) is 23.3 Å². The smallest absolute Gasteiger partial charge is 0.256 e. The molecule has 0 radical (unpaired) electrons. The van der Waals surface area contributed by atoms with Gasteiger partial charge in [0, 0.05) is 29.4 Å². The molecule has 3 aromatic rings. The average molecular weight is 373 g/mol. The fourth-order valence-electron chi connectivity index (χ4n) is 2.74. The molecule has 2 amide bonds. The number of unbranched alkanes of at least 4 members (excludes halogenated alkanes) is 1. The third kappa shape index (κ3) is 5.04. The molecule has 0 saturated carbocycles. The fourth-order valence-corrected chi connectivity index (χ4v) is 2.74. The van der Waals surface area contributed by atoms with Crippen molar-refractivity contribution in [1.82, 2.24) is 10.3 Å². The van der Waals surface area contributed by atoms with Crippen LogP contribution < -0.4 is 10.6 Å². The van der Waals surface area contributed by atoms with Crippen LogP contribution in [-0.2, 0) is 0 Å². The number of rotatable bonds is 7. The Kier molecular flexibility index (Phi) is 6.52. The first-order valence-corrected chi connectivity index (χ1v) is 9.38. The van der Waals surface area contributed by atoms with Crippen LogP contribution in [0.3, 0.4) is 0 Å². The van der Waals surface area contributed by atoms with Gasteiger partial charge in [-0.3, -0.25) is 9.59 Å². The number of carbonyl (C=O) groups excluding carboxylic acids is 2. The monoisotopic (exact) mass is 373 g/mol. The Morgan fingerprint density at radius 1 is 0.857 bits per heavy atom. The topological polar surface area (TPSA) is 71.1 Å². The largest absolute Gasteiger partial charge is 0.352 e. The highest BCUT2D eigenvalue weighted by Crippen LogP contribution is 2.21. The zero-order valence-electron chi connectivity index (χ0n) is 15.8. The van der Waals surface area contributed by atoms with E-state index in [0.29, 0.717) is 23.5 Å². The van der Waals surface area contributed by atoms with Gasteiger partial charge in [-0.15, -0.1) is 0 Å². The molecule has 0 spiro atoms. The predicted molar refractivity (Wildman–Crippen MR) is 111 cm³/mol. The number of nitrogens with zero attached hydrogens (tertiary/aromatic N) is 1. The van der Waals surface area contributed by atoms with Gasteiger partial charge in [0.15, 0.2) is 0 Å². The van der Waals surface area contributed by atoms with Crippen LogP contribution in [0.25, 0.3) is 11.1 Å². The summed E-state index contributed by atoms with van der Waals surface area (Å²) < 4.78 is 0. The van der Waals surface area contributed by atoms with E-state index in [1.54, 1.807) is 30.5 Å². The van der Waals surface area contributed by atoms with Crippen molar-refractivity contribution in [3.63, 3.8) is 0 Å². The summed E-state index contributed by atoms with van der Waals surface area (Å²) in [5.41, 5.74) is 2.97. The van der Waals surface area contributed by atoms with E-state index in [-0.39, 0.29) is 11.8 Å². The number of benzene rings is 2. The van der Waals surface area contributed by atoms with Gasteiger partial charge in [0.25, 0.3) is 11.8 Å².